The van der Waals surface area contributed by atoms with Gasteiger partial charge in [0.1, 0.15) is 5.75 Å². The maximum Gasteiger partial charge on any atom is 0.119 e. The molecule has 0 amide bonds. The van der Waals surface area contributed by atoms with Crippen molar-refractivity contribution in [2.75, 3.05) is 12.4 Å². The van der Waals surface area contributed by atoms with Crippen molar-refractivity contribution < 1.29 is 4.74 Å². The zero-order chi connectivity index (χ0) is 13.9. The Balaban J connectivity index is 1.97. The molecule has 0 aliphatic rings. The van der Waals surface area contributed by atoms with E-state index in [1.807, 2.05) is 42.5 Å². The lowest BCUT2D eigenvalue weighted by Crippen LogP contribution is -1.93. The van der Waals surface area contributed by atoms with Crippen molar-refractivity contribution in [2.45, 2.75) is 0 Å². The Morgan fingerprint density at radius 2 is 1.85 bits per heavy atom. The quantitative estimate of drug-likeness (QED) is 0.753. The van der Waals surface area contributed by atoms with Crippen LogP contribution in [-0.4, -0.2) is 12.1 Å². The molecule has 1 heterocycles. The average molecular weight is 329 g/mol. The van der Waals surface area contributed by atoms with Gasteiger partial charge in [-0.05, 0) is 48.5 Å². The van der Waals surface area contributed by atoms with Gasteiger partial charge in [-0.3, -0.25) is 4.98 Å². The number of hydrogen-bond acceptors (Lipinski definition) is 3. The van der Waals surface area contributed by atoms with Crippen LogP contribution in [0.25, 0.3) is 10.9 Å². The molecule has 2 aromatic carbocycles. The Kier molecular flexibility index (Phi) is 3.56. The zero-order valence-corrected chi connectivity index (χ0v) is 12.5. The van der Waals surface area contributed by atoms with Crippen LogP contribution < -0.4 is 10.1 Å². The van der Waals surface area contributed by atoms with Crippen LogP contribution in [-0.2, 0) is 0 Å². The number of hydrogen-bond donors (Lipinski definition) is 1. The second-order valence-corrected chi connectivity index (χ2v) is 5.29. The van der Waals surface area contributed by atoms with Gasteiger partial charge in [-0.25, -0.2) is 0 Å². The summed E-state index contributed by atoms with van der Waals surface area (Å²) < 4.78 is 6.19. The topological polar surface area (TPSA) is 34.1 Å². The number of fused-ring (bicyclic) bond motifs is 1. The molecule has 20 heavy (non-hydrogen) atoms. The molecule has 0 atom stereocenters. The van der Waals surface area contributed by atoms with Crippen molar-refractivity contribution in [1.82, 2.24) is 4.98 Å². The molecule has 100 valence electrons. The number of anilines is 2. The highest BCUT2D eigenvalue weighted by Crippen LogP contribution is 2.27. The van der Waals surface area contributed by atoms with E-state index in [0.29, 0.717) is 0 Å². The molecule has 1 N–H and O–H groups in total. The second-order valence-electron chi connectivity index (χ2n) is 4.37. The molecule has 3 rings (SSSR count). The van der Waals surface area contributed by atoms with Crippen LogP contribution in [0.4, 0.5) is 11.4 Å². The van der Waals surface area contributed by atoms with E-state index in [0.717, 1.165) is 32.5 Å². The number of benzene rings is 2. The summed E-state index contributed by atoms with van der Waals surface area (Å²) in [6.07, 6.45) is 1.81. The van der Waals surface area contributed by atoms with Crippen LogP contribution in [0.1, 0.15) is 0 Å². The molecule has 0 saturated carbocycles. The monoisotopic (exact) mass is 328 g/mol. The molecule has 0 spiro atoms. The van der Waals surface area contributed by atoms with Gasteiger partial charge in [0.05, 0.1) is 12.6 Å². The Morgan fingerprint density at radius 1 is 1.05 bits per heavy atom. The number of nitrogens with one attached hydrogen (secondary N) is 1. The fourth-order valence-corrected chi connectivity index (χ4v) is 2.41. The second kappa shape index (κ2) is 5.51. The lowest BCUT2D eigenvalue weighted by atomic mass is 10.2. The Labute approximate surface area is 125 Å². The first-order valence-electron chi connectivity index (χ1n) is 6.21. The van der Waals surface area contributed by atoms with Crippen molar-refractivity contribution in [3.05, 3.63) is 59.2 Å². The summed E-state index contributed by atoms with van der Waals surface area (Å²) in [5, 5.41) is 4.50. The third-order valence-corrected chi connectivity index (χ3v) is 3.57. The van der Waals surface area contributed by atoms with Crippen molar-refractivity contribution >= 4 is 38.2 Å². The predicted molar refractivity (Wildman–Crippen MR) is 85.7 cm³/mol. The number of pyridine rings is 1. The van der Waals surface area contributed by atoms with Crippen LogP contribution in [0.3, 0.4) is 0 Å². The molecule has 0 bridgehead atoms. The molecule has 0 aliphatic heterocycles. The van der Waals surface area contributed by atoms with E-state index < -0.39 is 0 Å². The molecule has 0 saturated heterocycles. The number of methoxy groups -OCH3 is 1. The van der Waals surface area contributed by atoms with Gasteiger partial charge in [-0.1, -0.05) is 15.9 Å². The van der Waals surface area contributed by atoms with Crippen LogP contribution in [0.15, 0.2) is 59.2 Å². The fourth-order valence-electron chi connectivity index (χ4n) is 2.06. The number of nitrogens with zero attached hydrogens (tertiary/aromatic N) is 1. The van der Waals surface area contributed by atoms with E-state index in [1.165, 1.54) is 0 Å². The number of ether oxygens (including phenoxy) is 1. The summed E-state index contributed by atoms with van der Waals surface area (Å²) in [5.41, 5.74) is 3.01. The Bertz CT molecular complexity index is 741. The standard InChI is InChI=1S/C16H13BrN2O/c1-20-13-5-3-12(4-6-13)19-15-8-9-18-16-10-11(17)2-7-14(15)16/h2-10H,1H3,(H,18,19). The third-order valence-electron chi connectivity index (χ3n) is 3.07. The van der Waals surface area contributed by atoms with Gasteiger partial charge >= 0.3 is 0 Å². The molecular weight excluding hydrogens is 316 g/mol. The molecule has 3 aromatic rings. The largest absolute Gasteiger partial charge is 0.497 e. The molecule has 4 heteroatoms. The Hall–Kier alpha value is -2.07. The minimum absolute atomic E-state index is 0.846. The smallest absolute Gasteiger partial charge is 0.119 e. The summed E-state index contributed by atoms with van der Waals surface area (Å²) in [6.45, 7) is 0. The van der Waals surface area contributed by atoms with Crippen molar-refractivity contribution in [1.29, 1.82) is 0 Å². The average Bonchev–Trinajstić information content (AvgIpc) is 2.48. The van der Waals surface area contributed by atoms with Gasteiger partial charge in [-0.2, -0.15) is 0 Å². The van der Waals surface area contributed by atoms with E-state index in [2.05, 4.69) is 32.3 Å². The van der Waals surface area contributed by atoms with Gasteiger partial charge in [0.2, 0.25) is 0 Å². The summed E-state index contributed by atoms with van der Waals surface area (Å²) in [4.78, 5) is 4.38. The van der Waals surface area contributed by atoms with Gasteiger partial charge in [0, 0.05) is 27.4 Å². The maximum absolute atomic E-state index is 5.16. The number of halogens is 1. The molecule has 0 aliphatic carbocycles. The minimum atomic E-state index is 0.846. The summed E-state index contributed by atoms with van der Waals surface area (Å²) >= 11 is 3.47. The number of rotatable bonds is 3. The van der Waals surface area contributed by atoms with Crippen molar-refractivity contribution in [2.24, 2.45) is 0 Å². The van der Waals surface area contributed by atoms with Crippen LogP contribution >= 0.6 is 15.9 Å². The van der Waals surface area contributed by atoms with E-state index >= 15 is 0 Å². The van der Waals surface area contributed by atoms with Gasteiger partial charge in [0.25, 0.3) is 0 Å². The van der Waals surface area contributed by atoms with E-state index in [1.54, 1.807) is 13.3 Å². The SMILES string of the molecule is COc1ccc(Nc2ccnc3cc(Br)ccc23)cc1. The van der Waals surface area contributed by atoms with E-state index in [9.17, 15) is 0 Å². The molecule has 0 radical (unpaired) electrons. The third kappa shape index (κ3) is 2.60. The lowest BCUT2D eigenvalue weighted by Gasteiger charge is -2.10. The van der Waals surface area contributed by atoms with Gasteiger partial charge in [-0.15, -0.1) is 0 Å². The first kappa shape index (κ1) is 12.9. The Morgan fingerprint density at radius 3 is 2.60 bits per heavy atom. The highest BCUT2D eigenvalue weighted by Gasteiger charge is 2.03. The summed E-state index contributed by atoms with van der Waals surface area (Å²) in [6, 6.07) is 15.9. The fraction of sp³-hybridized carbons (Fsp3) is 0.0625. The minimum Gasteiger partial charge on any atom is -0.497 e. The highest BCUT2D eigenvalue weighted by atomic mass is 79.9. The van der Waals surface area contributed by atoms with Crippen molar-refractivity contribution in [3.8, 4) is 5.75 Å². The van der Waals surface area contributed by atoms with Crippen LogP contribution in [0.5, 0.6) is 5.75 Å². The number of aromatic nitrogens is 1. The molecule has 3 nitrogen and oxygen atoms in total. The highest BCUT2D eigenvalue weighted by molar-refractivity contribution is 9.10. The summed E-state index contributed by atoms with van der Waals surface area (Å²) in [5.74, 6) is 0.846. The maximum atomic E-state index is 5.16. The summed E-state index contributed by atoms with van der Waals surface area (Å²) in [7, 11) is 1.66. The van der Waals surface area contributed by atoms with Crippen LogP contribution in [0.2, 0.25) is 0 Å². The zero-order valence-electron chi connectivity index (χ0n) is 10.9. The first-order chi connectivity index (χ1) is 9.76. The molecule has 1 aromatic heterocycles. The normalized spacial score (nSPS) is 10.5. The molecule has 0 fully saturated rings. The van der Waals surface area contributed by atoms with Crippen LogP contribution in [0, 0.1) is 0 Å². The lowest BCUT2D eigenvalue weighted by molar-refractivity contribution is 0.415. The molecule has 0 unspecified atom stereocenters. The first-order valence-corrected chi connectivity index (χ1v) is 7.01. The van der Waals surface area contributed by atoms with E-state index in [-0.39, 0.29) is 0 Å². The van der Waals surface area contributed by atoms with E-state index in [4.69, 9.17) is 4.74 Å². The van der Waals surface area contributed by atoms with Crippen molar-refractivity contribution in [3.63, 3.8) is 0 Å². The predicted octanol–water partition coefficient (Wildman–Crippen LogP) is 4.75. The van der Waals surface area contributed by atoms with Gasteiger partial charge < -0.3 is 10.1 Å². The van der Waals surface area contributed by atoms with Gasteiger partial charge in [0.15, 0.2) is 0 Å². The molecular formula is C16H13BrN2O.